The lowest BCUT2D eigenvalue weighted by atomic mass is 10.1. The highest BCUT2D eigenvalue weighted by Gasteiger charge is 2.31. The Hall–Kier alpha value is -1.87. The number of phenols is 1. The Morgan fingerprint density at radius 2 is 2.10 bits per heavy atom. The number of thiophene rings is 1. The summed E-state index contributed by atoms with van der Waals surface area (Å²) in [6.07, 6.45) is 4.42. The predicted octanol–water partition coefficient (Wildman–Crippen LogP) is 5.51. The molecular weight excluding hydrogens is 448 g/mol. The molecule has 0 atom stereocenters. The molecule has 0 bridgehead atoms. The van der Waals surface area contributed by atoms with E-state index >= 15 is 0 Å². The number of hydrogen-bond donors (Lipinski definition) is 2. The lowest BCUT2D eigenvalue weighted by molar-refractivity contribution is -0.122. The Balaban J connectivity index is 1.40. The summed E-state index contributed by atoms with van der Waals surface area (Å²) in [6, 6.07) is 8.41. The third-order valence-corrected chi connectivity index (χ3v) is 6.64. The number of phenolic OH excluding ortho intramolecular Hbond substituents is 1. The number of unbranched alkanes of at least 4 members (excludes halogenated alkanes) is 2. The van der Waals surface area contributed by atoms with Gasteiger partial charge >= 0.3 is 0 Å². The van der Waals surface area contributed by atoms with Gasteiger partial charge in [0.25, 0.3) is 5.91 Å². The molecule has 1 aromatic carbocycles. The van der Waals surface area contributed by atoms with E-state index in [-0.39, 0.29) is 17.6 Å². The first-order chi connectivity index (χ1) is 13.9. The number of aromatic hydroxyl groups is 1. The molecule has 2 N–H and O–H groups in total. The van der Waals surface area contributed by atoms with Crippen molar-refractivity contribution in [1.82, 2.24) is 4.90 Å². The van der Waals surface area contributed by atoms with E-state index in [1.165, 1.54) is 23.9 Å². The molecule has 3 rings (SSSR count). The van der Waals surface area contributed by atoms with E-state index in [9.17, 15) is 14.7 Å². The van der Waals surface area contributed by atoms with Crippen LogP contribution in [0.5, 0.6) is 5.75 Å². The first-order valence-electron chi connectivity index (χ1n) is 9.01. The number of nitrogens with zero attached hydrogens (tertiary/aromatic N) is 1. The smallest absolute Gasteiger partial charge is 0.266 e. The molecular formula is C20H19ClN2O3S3. The first-order valence-corrected chi connectivity index (χ1v) is 11.5. The lowest BCUT2D eigenvalue weighted by Gasteiger charge is -2.14. The van der Waals surface area contributed by atoms with Crippen LogP contribution in [0.15, 0.2) is 40.6 Å². The number of carbonyl (C=O) groups excluding carboxylic acids is 2. The van der Waals surface area contributed by atoms with Crippen LogP contribution >= 0.6 is 46.9 Å². The van der Waals surface area contributed by atoms with Gasteiger partial charge in [0.2, 0.25) is 5.91 Å². The largest absolute Gasteiger partial charge is 0.506 e. The molecule has 1 fully saturated rings. The van der Waals surface area contributed by atoms with Gasteiger partial charge in [-0.3, -0.25) is 14.5 Å². The zero-order chi connectivity index (χ0) is 20.8. The van der Waals surface area contributed by atoms with Gasteiger partial charge in [0.15, 0.2) is 0 Å². The summed E-state index contributed by atoms with van der Waals surface area (Å²) in [7, 11) is 0. The SMILES string of the molecule is O=C(CCCCCN1C(=O)C(=Cc2cccs2)SC1=S)Nc1cc(Cl)ccc1O. The maximum atomic E-state index is 12.5. The monoisotopic (exact) mass is 466 g/mol. The van der Waals surface area contributed by atoms with E-state index in [0.717, 1.165) is 17.7 Å². The van der Waals surface area contributed by atoms with Gasteiger partial charge in [-0.05, 0) is 48.6 Å². The third-order valence-electron chi connectivity index (χ3n) is 4.21. The fraction of sp³-hybridized carbons (Fsp3) is 0.250. The Labute approximate surface area is 187 Å². The van der Waals surface area contributed by atoms with E-state index in [1.54, 1.807) is 22.3 Å². The molecule has 29 heavy (non-hydrogen) atoms. The van der Waals surface area contributed by atoms with Crippen LogP contribution in [0.4, 0.5) is 5.69 Å². The van der Waals surface area contributed by atoms with Gasteiger partial charge in [0.1, 0.15) is 10.1 Å². The molecule has 2 amide bonds. The van der Waals surface area contributed by atoms with Crippen molar-refractivity contribution in [2.75, 3.05) is 11.9 Å². The highest BCUT2D eigenvalue weighted by atomic mass is 35.5. The van der Waals surface area contributed by atoms with Gasteiger partial charge in [-0.25, -0.2) is 0 Å². The second-order valence-electron chi connectivity index (χ2n) is 6.37. The number of thiocarbonyl (C=S) groups is 1. The van der Waals surface area contributed by atoms with Crippen molar-refractivity contribution >= 4 is 74.8 Å². The van der Waals surface area contributed by atoms with Crippen LogP contribution in [0.1, 0.15) is 30.6 Å². The zero-order valence-corrected chi connectivity index (χ0v) is 18.6. The second kappa shape index (κ2) is 10.2. The minimum atomic E-state index is -0.188. The van der Waals surface area contributed by atoms with Crippen molar-refractivity contribution in [3.05, 3.63) is 50.5 Å². The first kappa shape index (κ1) is 21.8. The Kier molecular flexibility index (Phi) is 7.71. The summed E-state index contributed by atoms with van der Waals surface area (Å²) in [6.45, 7) is 0.545. The van der Waals surface area contributed by atoms with E-state index < -0.39 is 0 Å². The average Bonchev–Trinajstić information content (AvgIpc) is 3.28. The van der Waals surface area contributed by atoms with Crippen LogP contribution in [0, 0.1) is 0 Å². The Morgan fingerprint density at radius 3 is 2.86 bits per heavy atom. The standard InChI is InChI=1S/C20H19ClN2O3S3/c21-13-7-8-16(24)15(11-13)22-18(25)6-2-1-3-9-23-19(26)17(29-20(23)27)12-14-5-4-10-28-14/h4-5,7-8,10-12,24H,1-3,6,9H2,(H,22,25). The number of halogens is 1. The number of carbonyl (C=O) groups is 2. The van der Waals surface area contributed by atoms with E-state index in [0.29, 0.717) is 39.3 Å². The van der Waals surface area contributed by atoms with Crippen LogP contribution in [-0.2, 0) is 9.59 Å². The van der Waals surface area contributed by atoms with Crippen LogP contribution in [0.25, 0.3) is 6.08 Å². The van der Waals surface area contributed by atoms with E-state index in [1.807, 2.05) is 23.6 Å². The average molecular weight is 467 g/mol. The normalized spacial score (nSPS) is 15.3. The topological polar surface area (TPSA) is 69.6 Å². The van der Waals surface area contributed by atoms with Gasteiger partial charge in [0, 0.05) is 22.9 Å². The highest BCUT2D eigenvalue weighted by Crippen LogP contribution is 2.33. The van der Waals surface area contributed by atoms with E-state index in [4.69, 9.17) is 23.8 Å². The van der Waals surface area contributed by atoms with Crippen molar-refractivity contribution in [3.63, 3.8) is 0 Å². The van der Waals surface area contributed by atoms with Crippen LogP contribution in [0.2, 0.25) is 5.02 Å². The fourth-order valence-electron chi connectivity index (χ4n) is 2.75. The van der Waals surface area contributed by atoms with Crippen LogP contribution in [-0.4, -0.2) is 32.7 Å². The van der Waals surface area contributed by atoms with Crippen LogP contribution < -0.4 is 5.32 Å². The molecule has 0 saturated carbocycles. The molecule has 2 aromatic rings. The summed E-state index contributed by atoms with van der Waals surface area (Å²) < 4.78 is 0.576. The fourth-order valence-corrected chi connectivity index (χ4v) is 4.95. The van der Waals surface area contributed by atoms with Gasteiger partial charge in [-0.1, -0.05) is 48.1 Å². The summed E-state index contributed by atoms with van der Waals surface area (Å²) in [4.78, 5) is 27.9. The van der Waals surface area contributed by atoms with Crippen molar-refractivity contribution in [2.45, 2.75) is 25.7 Å². The number of hydrogen-bond acceptors (Lipinski definition) is 6. The minimum Gasteiger partial charge on any atom is -0.506 e. The molecule has 2 heterocycles. The molecule has 1 aliphatic heterocycles. The van der Waals surface area contributed by atoms with Gasteiger partial charge in [-0.2, -0.15) is 0 Å². The number of amides is 2. The molecule has 5 nitrogen and oxygen atoms in total. The maximum Gasteiger partial charge on any atom is 0.266 e. The molecule has 0 radical (unpaired) electrons. The molecule has 1 saturated heterocycles. The van der Waals surface area contributed by atoms with Crippen LogP contribution in [0.3, 0.4) is 0 Å². The van der Waals surface area contributed by atoms with Gasteiger partial charge in [0.05, 0.1) is 10.6 Å². The van der Waals surface area contributed by atoms with Gasteiger partial charge in [-0.15, -0.1) is 11.3 Å². The Morgan fingerprint density at radius 1 is 1.28 bits per heavy atom. The molecule has 0 spiro atoms. The number of anilines is 1. The van der Waals surface area contributed by atoms with Crippen molar-refractivity contribution in [1.29, 1.82) is 0 Å². The number of rotatable bonds is 8. The Bertz CT molecular complexity index is 944. The predicted molar refractivity (Wildman–Crippen MR) is 124 cm³/mol. The second-order valence-corrected chi connectivity index (χ2v) is 9.46. The highest BCUT2D eigenvalue weighted by molar-refractivity contribution is 8.26. The number of thioether (sulfide) groups is 1. The molecule has 1 aliphatic rings. The van der Waals surface area contributed by atoms with Crippen molar-refractivity contribution < 1.29 is 14.7 Å². The summed E-state index contributed by atoms with van der Waals surface area (Å²) >= 11 is 14.1. The maximum absolute atomic E-state index is 12.5. The molecule has 9 heteroatoms. The third kappa shape index (κ3) is 6.05. The minimum absolute atomic E-state index is 0.0206. The summed E-state index contributed by atoms with van der Waals surface area (Å²) in [5, 5.41) is 14.8. The van der Waals surface area contributed by atoms with Crippen molar-refractivity contribution in [3.8, 4) is 5.75 Å². The van der Waals surface area contributed by atoms with E-state index in [2.05, 4.69) is 5.32 Å². The number of nitrogens with one attached hydrogen (secondary N) is 1. The zero-order valence-electron chi connectivity index (χ0n) is 15.4. The quantitative estimate of drug-likeness (QED) is 0.232. The number of benzene rings is 1. The molecule has 1 aromatic heterocycles. The van der Waals surface area contributed by atoms with Crippen molar-refractivity contribution in [2.24, 2.45) is 0 Å². The lowest BCUT2D eigenvalue weighted by Crippen LogP contribution is -2.29. The molecule has 0 aliphatic carbocycles. The van der Waals surface area contributed by atoms with Gasteiger partial charge < -0.3 is 10.4 Å². The molecule has 152 valence electrons. The molecule has 0 unspecified atom stereocenters. The summed E-state index contributed by atoms with van der Waals surface area (Å²) in [5.41, 5.74) is 0.303. The summed E-state index contributed by atoms with van der Waals surface area (Å²) in [5.74, 6) is -0.262.